The summed E-state index contributed by atoms with van der Waals surface area (Å²) in [5.74, 6) is -0.444. The molecule has 0 aliphatic heterocycles. The Bertz CT molecular complexity index is 524. The van der Waals surface area contributed by atoms with Crippen molar-refractivity contribution in [3.8, 4) is 0 Å². The third kappa shape index (κ3) is 6.60. The Hall–Kier alpha value is -1.37. The molecule has 2 N–H and O–H groups in total. The lowest BCUT2D eigenvalue weighted by molar-refractivity contribution is 0.0526. The summed E-state index contributed by atoms with van der Waals surface area (Å²) in [5.41, 5.74) is 1.02. The van der Waals surface area contributed by atoms with Crippen molar-refractivity contribution in [2.45, 2.75) is 13.3 Å². The summed E-state index contributed by atoms with van der Waals surface area (Å²) in [5, 5.41) is 7.02. The Morgan fingerprint density at radius 1 is 1.41 bits per heavy atom. The van der Waals surface area contributed by atoms with Crippen LogP contribution >= 0.6 is 23.8 Å². The van der Waals surface area contributed by atoms with Gasteiger partial charge in [0.1, 0.15) is 0 Å². The van der Waals surface area contributed by atoms with Gasteiger partial charge in [-0.1, -0.05) is 11.6 Å². The Morgan fingerprint density at radius 2 is 2.14 bits per heavy atom. The summed E-state index contributed by atoms with van der Waals surface area (Å²) >= 11 is 11.2. The van der Waals surface area contributed by atoms with Crippen LogP contribution in [0, 0.1) is 0 Å². The molecule has 0 aliphatic carbocycles. The smallest absolute Gasteiger partial charge is 0.339 e. The quantitative estimate of drug-likeness (QED) is 0.451. The molecule has 1 rings (SSSR count). The summed E-state index contributed by atoms with van der Waals surface area (Å²) in [6.45, 7) is 3.82. The van der Waals surface area contributed by atoms with Crippen molar-refractivity contribution in [1.29, 1.82) is 0 Å². The molecule has 1 aromatic rings. The van der Waals surface area contributed by atoms with Gasteiger partial charge < -0.3 is 20.3 Å². The number of carbonyl (C=O) groups is 1. The molecular weight excluding hydrogens is 322 g/mol. The van der Waals surface area contributed by atoms with E-state index >= 15 is 0 Å². The minimum absolute atomic E-state index is 0.304. The molecule has 122 valence electrons. The maximum Gasteiger partial charge on any atom is 0.339 e. The molecule has 1 aromatic carbocycles. The lowest BCUT2D eigenvalue weighted by Crippen LogP contribution is -2.30. The van der Waals surface area contributed by atoms with Crippen LogP contribution in [-0.4, -0.2) is 49.8 Å². The number of nitrogens with zero attached hydrogens (tertiary/aromatic N) is 1. The summed E-state index contributed by atoms with van der Waals surface area (Å²) < 4.78 is 4.97. The van der Waals surface area contributed by atoms with Crippen molar-refractivity contribution in [3.63, 3.8) is 0 Å². The fraction of sp³-hybridized carbons (Fsp3) is 0.467. The van der Waals surface area contributed by atoms with Crippen molar-refractivity contribution >= 4 is 40.6 Å². The van der Waals surface area contributed by atoms with Crippen LogP contribution in [0.2, 0.25) is 5.02 Å². The Kier molecular flexibility index (Phi) is 8.16. The molecule has 0 amide bonds. The molecule has 0 radical (unpaired) electrons. The SMILES string of the molecule is CCOC(=O)c1cc(NC(=S)NCCCN(C)C)ccc1Cl. The first kappa shape index (κ1) is 18.7. The number of benzene rings is 1. The summed E-state index contributed by atoms with van der Waals surface area (Å²) in [4.78, 5) is 13.9. The number of thiocarbonyl (C=S) groups is 1. The number of esters is 1. The molecule has 0 spiro atoms. The van der Waals surface area contributed by atoms with Crippen LogP contribution < -0.4 is 10.6 Å². The normalized spacial score (nSPS) is 10.4. The second-order valence-corrected chi connectivity index (χ2v) is 5.77. The fourth-order valence-corrected chi connectivity index (χ4v) is 2.16. The molecule has 0 bridgehead atoms. The van der Waals surface area contributed by atoms with Crippen LogP contribution in [-0.2, 0) is 4.74 Å². The lowest BCUT2D eigenvalue weighted by atomic mass is 10.2. The summed E-state index contributed by atoms with van der Waals surface area (Å²) in [6.07, 6.45) is 0.990. The second kappa shape index (κ2) is 9.61. The average molecular weight is 344 g/mol. The molecule has 5 nitrogen and oxygen atoms in total. The van der Waals surface area contributed by atoms with E-state index in [0.717, 1.165) is 19.5 Å². The highest BCUT2D eigenvalue weighted by atomic mass is 35.5. The van der Waals surface area contributed by atoms with Gasteiger partial charge in [-0.15, -0.1) is 0 Å². The third-order valence-electron chi connectivity index (χ3n) is 2.79. The van der Waals surface area contributed by atoms with Crippen molar-refractivity contribution in [1.82, 2.24) is 10.2 Å². The molecule has 0 aliphatic rings. The van der Waals surface area contributed by atoms with Crippen molar-refractivity contribution < 1.29 is 9.53 Å². The Balaban J connectivity index is 2.56. The molecule has 0 fully saturated rings. The van der Waals surface area contributed by atoms with E-state index in [1.807, 2.05) is 14.1 Å². The van der Waals surface area contributed by atoms with Crippen molar-refractivity contribution in [2.24, 2.45) is 0 Å². The molecule has 0 aromatic heterocycles. The van der Waals surface area contributed by atoms with Gasteiger partial charge in [-0.05, 0) is 64.4 Å². The van der Waals surface area contributed by atoms with E-state index in [2.05, 4.69) is 15.5 Å². The number of nitrogens with one attached hydrogen (secondary N) is 2. The number of rotatable bonds is 7. The minimum atomic E-state index is -0.444. The van der Waals surface area contributed by atoms with Gasteiger partial charge in [-0.25, -0.2) is 4.79 Å². The molecule has 0 saturated carbocycles. The fourth-order valence-electron chi connectivity index (χ4n) is 1.74. The maximum absolute atomic E-state index is 11.8. The highest BCUT2D eigenvalue weighted by molar-refractivity contribution is 7.80. The molecule has 22 heavy (non-hydrogen) atoms. The third-order valence-corrected chi connectivity index (χ3v) is 3.36. The maximum atomic E-state index is 11.8. The molecule has 0 heterocycles. The Labute approximate surface area is 142 Å². The van der Waals surface area contributed by atoms with Gasteiger partial charge in [0.25, 0.3) is 0 Å². The van der Waals surface area contributed by atoms with Gasteiger partial charge >= 0.3 is 5.97 Å². The number of hydrogen-bond donors (Lipinski definition) is 2. The van der Waals surface area contributed by atoms with E-state index in [1.54, 1.807) is 25.1 Å². The number of hydrogen-bond acceptors (Lipinski definition) is 4. The zero-order valence-electron chi connectivity index (χ0n) is 13.1. The zero-order valence-corrected chi connectivity index (χ0v) is 14.7. The van der Waals surface area contributed by atoms with Crippen molar-refractivity contribution in [2.75, 3.05) is 39.1 Å². The van der Waals surface area contributed by atoms with E-state index in [4.69, 9.17) is 28.6 Å². The lowest BCUT2D eigenvalue weighted by Gasteiger charge is -2.13. The highest BCUT2D eigenvalue weighted by Gasteiger charge is 2.12. The molecule has 0 atom stereocenters. The first-order valence-corrected chi connectivity index (χ1v) is 7.89. The first-order valence-electron chi connectivity index (χ1n) is 7.10. The highest BCUT2D eigenvalue weighted by Crippen LogP contribution is 2.21. The van der Waals surface area contributed by atoms with Crippen LogP contribution in [0.15, 0.2) is 18.2 Å². The van der Waals surface area contributed by atoms with E-state index in [0.29, 0.717) is 28.0 Å². The molecular formula is C15H22ClN3O2S. The van der Waals surface area contributed by atoms with Gasteiger partial charge in [0, 0.05) is 12.2 Å². The van der Waals surface area contributed by atoms with E-state index in [9.17, 15) is 4.79 Å². The molecule has 0 saturated heterocycles. The predicted octanol–water partition coefficient (Wildman–Crippen LogP) is 2.75. The van der Waals surface area contributed by atoms with Crippen LogP contribution in [0.4, 0.5) is 5.69 Å². The van der Waals surface area contributed by atoms with Gasteiger partial charge in [-0.3, -0.25) is 0 Å². The number of halogens is 1. The van der Waals surface area contributed by atoms with E-state index in [-0.39, 0.29) is 0 Å². The van der Waals surface area contributed by atoms with Gasteiger partial charge in [0.15, 0.2) is 5.11 Å². The average Bonchev–Trinajstić information content (AvgIpc) is 2.45. The van der Waals surface area contributed by atoms with Crippen LogP contribution in [0.25, 0.3) is 0 Å². The van der Waals surface area contributed by atoms with Crippen molar-refractivity contribution in [3.05, 3.63) is 28.8 Å². The van der Waals surface area contributed by atoms with E-state index < -0.39 is 5.97 Å². The van der Waals surface area contributed by atoms with Crippen LogP contribution in [0.1, 0.15) is 23.7 Å². The number of carbonyl (C=O) groups excluding carboxylic acids is 1. The molecule has 0 unspecified atom stereocenters. The van der Waals surface area contributed by atoms with Gasteiger partial charge in [0.2, 0.25) is 0 Å². The van der Waals surface area contributed by atoms with Gasteiger partial charge in [0.05, 0.1) is 17.2 Å². The van der Waals surface area contributed by atoms with Crippen LogP contribution in [0.3, 0.4) is 0 Å². The topological polar surface area (TPSA) is 53.6 Å². The minimum Gasteiger partial charge on any atom is -0.462 e. The predicted molar refractivity (Wildman–Crippen MR) is 94.8 cm³/mol. The summed E-state index contributed by atoms with van der Waals surface area (Å²) in [7, 11) is 4.06. The largest absolute Gasteiger partial charge is 0.462 e. The Morgan fingerprint density at radius 3 is 2.77 bits per heavy atom. The van der Waals surface area contributed by atoms with Crippen LogP contribution in [0.5, 0.6) is 0 Å². The van der Waals surface area contributed by atoms with Gasteiger partial charge in [-0.2, -0.15) is 0 Å². The monoisotopic (exact) mass is 343 g/mol. The number of anilines is 1. The number of ether oxygens (including phenoxy) is 1. The standard InChI is InChI=1S/C15H22ClN3O2S/c1-4-21-14(20)12-10-11(6-7-13(12)16)18-15(22)17-8-5-9-19(2)3/h6-7,10H,4-5,8-9H2,1-3H3,(H2,17,18,22). The zero-order chi connectivity index (χ0) is 16.5. The second-order valence-electron chi connectivity index (χ2n) is 4.95. The summed E-state index contributed by atoms with van der Waals surface area (Å²) in [6, 6.07) is 5.04. The first-order chi connectivity index (χ1) is 10.4. The molecule has 7 heteroatoms. The van der Waals surface area contributed by atoms with E-state index in [1.165, 1.54) is 0 Å².